The van der Waals surface area contributed by atoms with Gasteiger partial charge in [-0.1, -0.05) is 0 Å². The van der Waals surface area contributed by atoms with E-state index in [1.54, 1.807) is 0 Å². The molecule has 1 aromatic heterocycles. The standard InChI is InChI=1S/C20H31N5O2/c1-15-10-16(2)25(21-15)9-6-18(26)24-12-17-11-22(3)13-20(17,14-24)19(27)23-7-4-5-8-23/h10,17H,4-9,11-14H2,1-3H3/t17-,20-/m0/s1. The van der Waals surface area contributed by atoms with Gasteiger partial charge in [0.1, 0.15) is 0 Å². The molecule has 2 amide bonds. The minimum Gasteiger partial charge on any atom is -0.342 e. The van der Waals surface area contributed by atoms with Crippen LogP contribution in [0.2, 0.25) is 0 Å². The van der Waals surface area contributed by atoms with Crippen LogP contribution in [0.1, 0.15) is 30.7 Å². The van der Waals surface area contributed by atoms with E-state index in [2.05, 4.69) is 17.0 Å². The van der Waals surface area contributed by atoms with E-state index in [4.69, 9.17) is 0 Å². The molecule has 0 aromatic carbocycles. The van der Waals surface area contributed by atoms with Crippen LogP contribution in [0.25, 0.3) is 0 Å². The topological polar surface area (TPSA) is 61.7 Å². The van der Waals surface area contributed by atoms with E-state index in [1.165, 1.54) is 0 Å². The van der Waals surface area contributed by atoms with Gasteiger partial charge < -0.3 is 14.7 Å². The van der Waals surface area contributed by atoms with E-state index in [0.29, 0.717) is 26.1 Å². The first kappa shape index (κ1) is 18.5. The molecule has 148 valence electrons. The normalized spacial score (nSPS) is 28.2. The molecule has 0 aliphatic carbocycles. The summed E-state index contributed by atoms with van der Waals surface area (Å²) in [5, 5.41) is 4.45. The first-order valence-electron chi connectivity index (χ1n) is 10.2. The monoisotopic (exact) mass is 373 g/mol. The summed E-state index contributed by atoms with van der Waals surface area (Å²) < 4.78 is 1.91. The van der Waals surface area contributed by atoms with Crippen molar-refractivity contribution in [3.05, 3.63) is 17.5 Å². The van der Waals surface area contributed by atoms with Gasteiger partial charge in [-0.3, -0.25) is 14.3 Å². The van der Waals surface area contributed by atoms with Crippen LogP contribution >= 0.6 is 0 Å². The van der Waals surface area contributed by atoms with Gasteiger partial charge in [-0.05, 0) is 39.8 Å². The molecule has 0 bridgehead atoms. The molecule has 27 heavy (non-hydrogen) atoms. The molecule has 0 saturated carbocycles. The van der Waals surface area contributed by atoms with Crippen LogP contribution in [0.3, 0.4) is 0 Å². The lowest BCUT2D eigenvalue weighted by Gasteiger charge is -2.32. The summed E-state index contributed by atoms with van der Waals surface area (Å²) in [4.78, 5) is 32.5. The number of hydrogen-bond acceptors (Lipinski definition) is 4. The highest BCUT2D eigenvalue weighted by Gasteiger charge is 2.58. The Morgan fingerprint density at radius 2 is 1.89 bits per heavy atom. The predicted octanol–water partition coefficient (Wildman–Crippen LogP) is 0.903. The molecule has 4 rings (SSSR count). The van der Waals surface area contributed by atoms with Gasteiger partial charge in [-0.2, -0.15) is 5.10 Å². The van der Waals surface area contributed by atoms with Gasteiger partial charge in [0, 0.05) is 63.8 Å². The molecule has 4 heterocycles. The molecule has 3 saturated heterocycles. The summed E-state index contributed by atoms with van der Waals surface area (Å²) in [5.41, 5.74) is 1.67. The number of rotatable bonds is 4. The van der Waals surface area contributed by atoms with Crippen LogP contribution in [0.4, 0.5) is 0 Å². The van der Waals surface area contributed by atoms with Crippen LogP contribution in [0, 0.1) is 25.2 Å². The molecular formula is C20H31N5O2. The quantitative estimate of drug-likeness (QED) is 0.787. The number of fused-ring (bicyclic) bond motifs is 1. The third kappa shape index (κ3) is 3.26. The van der Waals surface area contributed by atoms with Gasteiger partial charge >= 0.3 is 0 Å². The van der Waals surface area contributed by atoms with Crippen LogP contribution in [-0.2, 0) is 16.1 Å². The van der Waals surface area contributed by atoms with Crippen LogP contribution in [0.5, 0.6) is 0 Å². The Hall–Kier alpha value is -1.89. The second-order valence-electron chi connectivity index (χ2n) is 8.72. The maximum atomic E-state index is 13.3. The third-order valence-electron chi connectivity index (χ3n) is 6.59. The number of carbonyl (C=O) groups excluding carboxylic acids is 2. The van der Waals surface area contributed by atoms with Crippen molar-refractivity contribution < 1.29 is 9.59 Å². The molecule has 7 heteroatoms. The molecule has 2 atom stereocenters. The van der Waals surface area contributed by atoms with Crippen LogP contribution < -0.4 is 0 Å². The van der Waals surface area contributed by atoms with Gasteiger partial charge in [0.25, 0.3) is 0 Å². The third-order valence-corrected chi connectivity index (χ3v) is 6.59. The highest BCUT2D eigenvalue weighted by atomic mass is 16.2. The van der Waals surface area contributed by atoms with Crippen molar-refractivity contribution in [1.29, 1.82) is 0 Å². The number of nitrogens with zero attached hydrogens (tertiary/aromatic N) is 5. The Balaban J connectivity index is 1.44. The lowest BCUT2D eigenvalue weighted by atomic mass is 9.79. The highest BCUT2D eigenvalue weighted by molar-refractivity contribution is 5.87. The second kappa shape index (κ2) is 6.93. The Bertz CT molecular complexity index is 739. The molecule has 0 spiro atoms. The van der Waals surface area contributed by atoms with E-state index in [0.717, 1.165) is 50.4 Å². The van der Waals surface area contributed by atoms with Crippen molar-refractivity contribution in [2.45, 2.75) is 39.7 Å². The minimum atomic E-state index is -0.396. The van der Waals surface area contributed by atoms with E-state index in [-0.39, 0.29) is 17.7 Å². The minimum absolute atomic E-state index is 0.146. The molecule has 3 fully saturated rings. The molecule has 0 N–H and O–H groups in total. The largest absolute Gasteiger partial charge is 0.342 e. The molecule has 7 nitrogen and oxygen atoms in total. The van der Waals surface area contributed by atoms with E-state index in [9.17, 15) is 9.59 Å². The molecule has 0 unspecified atom stereocenters. The zero-order chi connectivity index (χ0) is 19.2. The van der Waals surface area contributed by atoms with Crippen molar-refractivity contribution in [3.8, 4) is 0 Å². The smallest absolute Gasteiger partial charge is 0.232 e. The van der Waals surface area contributed by atoms with E-state index < -0.39 is 5.41 Å². The van der Waals surface area contributed by atoms with Crippen LogP contribution in [-0.4, -0.2) is 82.6 Å². The van der Waals surface area contributed by atoms with Crippen molar-refractivity contribution >= 4 is 11.8 Å². The molecule has 3 aliphatic heterocycles. The van der Waals surface area contributed by atoms with Crippen molar-refractivity contribution in [2.24, 2.45) is 11.3 Å². The lowest BCUT2D eigenvalue weighted by molar-refractivity contribution is -0.141. The number of likely N-dealkylation sites (tertiary alicyclic amines) is 3. The Morgan fingerprint density at radius 3 is 2.56 bits per heavy atom. The Morgan fingerprint density at radius 1 is 1.15 bits per heavy atom. The number of hydrogen-bond donors (Lipinski definition) is 0. The summed E-state index contributed by atoms with van der Waals surface area (Å²) >= 11 is 0. The predicted molar refractivity (Wildman–Crippen MR) is 102 cm³/mol. The molecular weight excluding hydrogens is 342 g/mol. The van der Waals surface area contributed by atoms with Crippen molar-refractivity contribution in [1.82, 2.24) is 24.5 Å². The fourth-order valence-electron chi connectivity index (χ4n) is 5.30. The maximum absolute atomic E-state index is 13.3. The van der Waals surface area contributed by atoms with Crippen molar-refractivity contribution in [2.75, 3.05) is 46.3 Å². The summed E-state index contributed by atoms with van der Waals surface area (Å²) in [7, 11) is 2.09. The zero-order valence-corrected chi connectivity index (χ0v) is 16.8. The molecule has 0 radical (unpaired) electrons. The van der Waals surface area contributed by atoms with Gasteiger partial charge in [-0.25, -0.2) is 0 Å². The average molecular weight is 374 g/mol. The Kier molecular flexibility index (Phi) is 4.74. The lowest BCUT2D eigenvalue weighted by Crippen LogP contribution is -2.49. The van der Waals surface area contributed by atoms with Gasteiger partial charge in [0.15, 0.2) is 0 Å². The fourth-order valence-corrected chi connectivity index (χ4v) is 5.30. The molecule has 3 aliphatic rings. The summed E-state index contributed by atoms with van der Waals surface area (Å²) in [6.07, 6.45) is 2.65. The van der Waals surface area contributed by atoms with Gasteiger partial charge in [-0.15, -0.1) is 0 Å². The number of aromatic nitrogens is 2. The number of carbonyl (C=O) groups is 2. The SMILES string of the molecule is Cc1cc(C)n(CCC(=O)N2C[C@@H]3CN(C)C[C@]3(C(=O)N3CCCC3)C2)n1. The number of amides is 2. The van der Waals surface area contributed by atoms with E-state index >= 15 is 0 Å². The average Bonchev–Trinajstić information content (AvgIpc) is 3.35. The fraction of sp³-hybridized carbons (Fsp3) is 0.750. The van der Waals surface area contributed by atoms with Gasteiger partial charge in [0.2, 0.25) is 11.8 Å². The Labute approximate surface area is 161 Å². The van der Waals surface area contributed by atoms with Crippen molar-refractivity contribution in [3.63, 3.8) is 0 Å². The molecule has 1 aromatic rings. The summed E-state index contributed by atoms with van der Waals surface area (Å²) in [6, 6.07) is 2.03. The highest BCUT2D eigenvalue weighted by Crippen LogP contribution is 2.44. The summed E-state index contributed by atoms with van der Waals surface area (Å²) in [6.45, 7) is 9.31. The van der Waals surface area contributed by atoms with Gasteiger partial charge in [0.05, 0.1) is 11.1 Å². The first-order chi connectivity index (χ1) is 12.9. The first-order valence-corrected chi connectivity index (χ1v) is 10.2. The zero-order valence-electron chi connectivity index (χ0n) is 16.8. The maximum Gasteiger partial charge on any atom is 0.232 e. The van der Waals surface area contributed by atoms with E-state index in [1.807, 2.05) is 34.4 Å². The van der Waals surface area contributed by atoms with Crippen LogP contribution in [0.15, 0.2) is 6.07 Å². The number of aryl methyl sites for hydroxylation is 3. The second-order valence-corrected chi connectivity index (χ2v) is 8.72. The summed E-state index contributed by atoms with van der Waals surface area (Å²) in [5.74, 6) is 0.685.